The van der Waals surface area contributed by atoms with Gasteiger partial charge in [0.25, 0.3) is 0 Å². The maximum atomic E-state index is 12.2. The third kappa shape index (κ3) is 5.14. The van der Waals surface area contributed by atoms with E-state index in [1.807, 2.05) is 23.5 Å². The molecule has 0 unspecified atom stereocenters. The van der Waals surface area contributed by atoms with Crippen LogP contribution in [0.2, 0.25) is 0 Å². The van der Waals surface area contributed by atoms with Crippen LogP contribution in [-0.4, -0.2) is 66.3 Å². The van der Waals surface area contributed by atoms with Crippen LogP contribution in [-0.2, 0) is 0 Å². The summed E-state index contributed by atoms with van der Waals surface area (Å²) in [5.74, 6) is 1.51. The summed E-state index contributed by atoms with van der Waals surface area (Å²) >= 11 is 3.42. The molecule has 1 aromatic rings. The highest BCUT2D eigenvalue weighted by Crippen LogP contribution is 2.21. The van der Waals surface area contributed by atoms with Crippen LogP contribution < -0.4 is 5.32 Å². The van der Waals surface area contributed by atoms with E-state index in [-0.39, 0.29) is 6.03 Å². The van der Waals surface area contributed by atoms with Crippen molar-refractivity contribution < 1.29 is 4.79 Å². The summed E-state index contributed by atoms with van der Waals surface area (Å²) < 4.78 is 1.10. The van der Waals surface area contributed by atoms with Crippen LogP contribution in [0, 0.1) is 5.92 Å². The van der Waals surface area contributed by atoms with Crippen LogP contribution in [0.5, 0.6) is 0 Å². The van der Waals surface area contributed by atoms with E-state index in [0.717, 1.165) is 42.6 Å². The monoisotopic (exact) mass is 342 g/mol. The molecule has 2 heterocycles. The number of thioether (sulfide) groups is 1. The molecule has 1 aliphatic heterocycles. The standard InChI is InChI=1S/C15H26N4OS2/c1-12-11-18(2)8-5-13(12)19(3)14(20)16-6-4-9-21-15-17-7-10-22-15/h7,10,12-13H,4-6,8-9,11H2,1-3H3,(H,16,20)/t12-,13-/m1/s1. The zero-order chi connectivity index (χ0) is 15.9. The maximum absolute atomic E-state index is 12.2. The molecular formula is C15H26N4OS2. The number of nitrogens with zero attached hydrogens (tertiary/aromatic N) is 3. The van der Waals surface area contributed by atoms with Gasteiger partial charge in [-0.15, -0.1) is 11.3 Å². The van der Waals surface area contributed by atoms with E-state index in [4.69, 9.17) is 0 Å². The fourth-order valence-corrected chi connectivity index (χ4v) is 4.55. The largest absolute Gasteiger partial charge is 0.338 e. The topological polar surface area (TPSA) is 48.5 Å². The van der Waals surface area contributed by atoms with E-state index in [9.17, 15) is 4.79 Å². The van der Waals surface area contributed by atoms with E-state index < -0.39 is 0 Å². The second-order valence-electron chi connectivity index (χ2n) is 5.94. The Bertz CT molecular complexity index is 454. The van der Waals surface area contributed by atoms with Gasteiger partial charge < -0.3 is 15.1 Å². The first-order valence-electron chi connectivity index (χ1n) is 7.79. The van der Waals surface area contributed by atoms with E-state index in [2.05, 4.69) is 29.2 Å². The zero-order valence-corrected chi connectivity index (χ0v) is 15.3. The summed E-state index contributed by atoms with van der Waals surface area (Å²) in [4.78, 5) is 20.7. The summed E-state index contributed by atoms with van der Waals surface area (Å²) in [7, 11) is 4.07. The Kier molecular flexibility index (Phi) is 6.98. The Morgan fingerprint density at radius 2 is 2.45 bits per heavy atom. The first-order chi connectivity index (χ1) is 10.6. The minimum atomic E-state index is 0.0562. The van der Waals surface area contributed by atoms with Gasteiger partial charge in [0.15, 0.2) is 0 Å². The minimum Gasteiger partial charge on any atom is -0.338 e. The molecule has 2 amide bonds. The summed E-state index contributed by atoms with van der Waals surface area (Å²) in [5.41, 5.74) is 0. The Hall–Kier alpha value is -0.790. The number of hydrogen-bond donors (Lipinski definition) is 1. The maximum Gasteiger partial charge on any atom is 0.317 e. The molecule has 0 spiro atoms. The second kappa shape index (κ2) is 8.74. The zero-order valence-electron chi connectivity index (χ0n) is 13.6. The number of hydrogen-bond acceptors (Lipinski definition) is 5. The van der Waals surface area contributed by atoms with Gasteiger partial charge in [-0.25, -0.2) is 9.78 Å². The van der Waals surface area contributed by atoms with Crippen LogP contribution >= 0.6 is 23.1 Å². The van der Waals surface area contributed by atoms with Crippen LogP contribution in [0.15, 0.2) is 15.9 Å². The molecule has 0 saturated carbocycles. The normalized spacial score (nSPS) is 22.5. The van der Waals surface area contributed by atoms with Gasteiger partial charge >= 0.3 is 6.03 Å². The summed E-state index contributed by atoms with van der Waals surface area (Å²) in [6.45, 7) is 5.08. The molecule has 124 valence electrons. The quantitative estimate of drug-likeness (QED) is 0.638. The van der Waals surface area contributed by atoms with Crippen LogP contribution in [0.4, 0.5) is 4.79 Å². The van der Waals surface area contributed by atoms with Crippen molar-refractivity contribution in [2.24, 2.45) is 5.92 Å². The number of amides is 2. The number of rotatable bonds is 6. The highest BCUT2D eigenvalue weighted by Gasteiger charge is 2.29. The number of aromatic nitrogens is 1. The van der Waals surface area contributed by atoms with Gasteiger partial charge in [0.2, 0.25) is 0 Å². The number of carbonyl (C=O) groups is 1. The van der Waals surface area contributed by atoms with Gasteiger partial charge in [0.05, 0.1) is 0 Å². The first-order valence-corrected chi connectivity index (χ1v) is 9.66. The second-order valence-corrected chi connectivity index (χ2v) is 8.18. The van der Waals surface area contributed by atoms with Gasteiger partial charge in [-0.2, -0.15) is 0 Å². The molecule has 1 aromatic heterocycles. The van der Waals surface area contributed by atoms with E-state index in [0.29, 0.717) is 12.0 Å². The fraction of sp³-hybridized carbons (Fsp3) is 0.733. The van der Waals surface area contributed by atoms with E-state index in [1.165, 1.54) is 0 Å². The van der Waals surface area contributed by atoms with Crippen molar-refractivity contribution in [3.05, 3.63) is 11.6 Å². The van der Waals surface area contributed by atoms with Gasteiger partial charge in [0.1, 0.15) is 4.34 Å². The van der Waals surface area contributed by atoms with Crippen molar-refractivity contribution in [3.8, 4) is 0 Å². The lowest BCUT2D eigenvalue weighted by Crippen LogP contribution is -2.52. The fourth-order valence-electron chi connectivity index (χ4n) is 2.90. The minimum absolute atomic E-state index is 0.0562. The number of thiazole rings is 1. The molecule has 1 fully saturated rings. The average Bonchev–Trinajstić information content (AvgIpc) is 2.99. The van der Waals surface area contributed by atoms with Crippen molar-refractivity contribution in [3.63, 3.8) is 0 Å². The number of urea groups is 1. The Balaban J connectivity index is 1.63. The summed E-state index contributed by atoms with van der Waals surface area (Å²) in [6, 6.07) is 0.404. The van der Waals surface area contributed by atoms with Crippen LogP contribution in [0.25, 0.3) is 0 Å². The molecule has 7 heteroatoms. The molecule has 5 nitrogen and oxygen atoms in total. The predicted octanol–water partition coefficient (Wildman–Crippen LogP) is 2.61. The Morgan fingerprint density at radius 1 is 1.64 bits per heavy atom. The molecule has 1 saturated heterocycles. The van der Waals surface area contributed by atoms with Crippen molar-refractivity contribution in [1.82, 2.24) is 20.1 Å². The number of piperidine rings is 1. The molecule has 1 N–H and O–H groups in total. The van der Waals surface area contributed by atoms with E-state index >= 15 is 0 Å². The van der Waals surface area contributed by atoms with Crippen molar-refractivity contribution in [2.45, 2.75) is 30.1 Å². The van der Waals surface area contributed by atoms with Gasteiger partial charge in [-0.1, -0.05) is 18.7 Å². The lowest BCUT2D eigenvalue weighted by atomic mass is 9.93. The third-order valence-electron chi connectivity index (χ3n) is 4.11. The SMILES string of the molecule is C[C@@H]1CN(C)CC[C@H]1N(C)C(=O)NCCCSc1nccs1. The average molecular weight is 343 g/mol. The molecule has 22 heavy (non-hydrogen) atoms. The summed E-state index contributed by atoms with van der Waals surface area (Å²) in [5, 5.41) is 5.02. The lowest BCUT2D eigenvalue weighted by Gasteiger charge is -2.39. The Labute approximate surface area is 141 Å². The molecule has 0 aromatic carbocycles. The van der Waals surface area contributed by atoms with Crippen molar-refractivity contribution in [1.29, 1.82) is 0 Å². The van der Waals surface area contributed by atoms with Gasteiger partial charge in [0, 0.05) is 43.5 Å². The van der Waals surface area contributed by atoms with Crippen molar-refractivity contribution >= 4 is 29.1 Å². The number of likely N-dealkylation sites (tertiary alicyclic amines) is 1. The Morgan fingerprint density at radius 3 is 3.14 bits per heavy atom. The number of nitrogens with one attached hydrogen (secondary N) is 1. The van der Waals surface area contributed by atoms with Crippen molar-refractivity contribution in [2.75, 3.05) is 39.5 Å². The molecule has 0 bridgehead atoms. The molecule has 2 rings (SSSR count). The third-order valence-corrected chi connectivity index (χ3v) is 6.17. The number of carbonyl (C=O) groups excluding carboxylic acids is 1. The molecule has 2 atom stereocenters. The summed E-state index contributed by atoms with van der Waals surface area (Å²) in [6.07, 6.45) is 3.85. The predicted molar refractivity (Wildman–Crippen MR) is 93.7 cm³/mol. The smallest absolute Gasteiger partial charge is 0.317 e. The molecule has 1 aliphatic rings. The highest BCUT2D eigenvalue weighted by atomic mass is 32.2. The van der Waals surface area contributed by atoms with Gasteiger partial charge in [-0.3, -0.25) is 0 Å². The van der Waals surface area contributed by atoms with Crippen LogP contribution in [0.1, 0.15) is 19.8 Å². The molecular weight excluding hydrogens is 316 g/mol. The van der Waals surface area contributed by atoms with Gasteiger partial charge in [-0.05, 0) is 32.4 Å². The lowest BCUT2D eigenvalue weighted by molar-refractivity contribution is 0.107. The van der Waals surface area contributed by atoms with E-state index in [1.54, 1.807) is 23.1 Å². The highest BCUT2D eigenvalue weighted by molar-refractivity contribution is 8.00. The first kappa shape index (κ1) is 17.6. The van der Waals surface area contributed by atoms with Crippen LogP contribution in [0.3, 0.4) is 0 Å². The molecule has 0 radical (unpaired) electrons. The molecule has 0 aliphatic carbocycles.